The Labute approximate surface area is 123 Å². The minimum absolute atomic E-state index is 0.0250. The van der Waals surface area contributed by atoms with Gasteiger partial charge in [-0.25, -0.2) is 0 Å². The Morgan fingerprint density at radius 2 is 1.32 bits per heavy atom. The number of benzene rings is 2. The summed E-state index contributed by atoms with van der Waals surface area (Å²) in [7, 11) is 0. The van der Waals surface area contributed by atoms with Crippen LogP contribution in [0, 0.1) is 0 Å². The fourth-order valence-electron chi connectivity index (χ4n) is 2.16. The zero-order valence-electron chi connectivity index (χ0n) is 9.34. The summed E-state index contributed by atoms with van der Waals surface area (Å²) in [5.74, 6) is -0.584. The maximum absolute atomic E-state index is 12.4. The van der Waals surface area contributed by atoms with Crippen LogP contribution in [0.5, 0.6) is 0 Å². The molecule has 0 fully saturated rings. The number of hydrogen-bond acceptors (Lipinski definition) is 2. The van der Waals surface area contributed by atoms with Gasteiger partial charge in [0.25, 0.3) is 0 Å². The van der Waals surface area contributed by atoms with Crippen molar-refractivity contribution in [2.45, 2.75) is 0 Å². The van der Waals surface area contributed by atoms with Crippen LogP contribution in [-0.2, 0) is 0 Å². The molecule has 0 saturated heterocycles. The van der Waals surface area contributed by atoms with Crippen LogP contribution in [0.25, 0.3) is 0 Å². The average molecular weight is 312 g/mol. The van der Waals surface area contributed by atoms with Gasteiger partial charge in [0.15, 0.2) is 11.6 Å². The summed E-state index contributed by atoms with van der Waals surface area (Å²) in [6.45, 7) is 0. The highest BCUT2D eigenvalue weighted by Gasteiger charge is 2.32. The van der Waals surface area contributed by atoms with Gasteiger partial charge in [-0.05, 0) is 6.07 Å². The van der Waals surface area contributed by atoms with E-state index in [0.29, 0.717) is 11.1 Å². The Morgan fingerprint density at radius 3 is 1.95 bits per heavy atom. The zero-order chi connectivity index (χ0) is 13.7. The molecule has 0 aliphatic heterocycles. The molecule has 2 aromatic rings. The number of fused-ring (bicyclic) bond motifs is 2. The molecular weight excluding hydrogens is 307 g/mol. The maximum atomic E-state index is 12.4. The SMILES string of the molecule is O=C1c2ccccc2C(=O)c2c1cc(Cl)c(Cl)c2Cl. The van der Waals surface area contributed by atoms with E-state index in [0.717, 1.165) is 0 Å². The summed E-state index contributed by atoms with van der Waals surface area (Å²) in [6.07, 6.45) is 0. The van der Waals surface area contributed by atoms with E-state index in [2.05, 4.69) is 0 Å². The quantitative estimate of drug-likeness (QED) is 0.576. The van der Waals surface area contributed by atoms with E-state index < -0.39 is 0 Å². The molecule has 94 valence electrons. The molecule has 0 radical (unpaired) electrons. The standard InChI is InChI=1S/C14H5Cl3O2/c15-9-5-8-10(12(17)11(9)16)14(19)7-4-2-1-3-6(7)13(8)18/h1-5H. The molecule has 0 spiro atoms. The first-order chi connectivity index (χ1) is 9.02. The number of carbonyl (C=O) groups is 2. The Bertz CT molecular complexity index is 751. The highest BCUT2D eigenvalue weighted by molar-refractivity contribution is 6.51. The first-order valence-electron chi connectivity index (χ1n) is 5.38. The third kappa shape index (κ3) is 1.71. The molecule has 1 aliphatic carbocycles. The summed E-state index contributed by atoms with van der Waals surface area (Å²) in [4.78, 5) is 24.8. The van der Waals surface area contributed by atoms with E-state index in [9.17, 15) is 9.59 Å². The van der Waals surface area contributed by atoms with Gasteiger partial charge in [0, 0.05) is 16.7 Å². The van der Waals surface area contributed by atoms with E-state index in [-0.39, 0.29) is 37.8 Å². The lowest BCUT2D eigenvalue weighted by atomic mass is 9.84. The summed E-state index contributed by atoms with van der Waals surface area (Å²) in [5, 5.41) is 0.269. The molecule has 0 unspecified atom stereocenters. The second-order valence-electron chi connectivity index (χ2n) is 4.11. The molecule has 1 aliphatic rings. The Kier molecular flexibility index (Phi) is 2.90. The number of hydrogen-bond donors (Lipinski definition) is 0. The molecular formula is C14H5Cl3O2. The molecule has 5 heteroatoms. The van der Waals surface area contributed by atoms with Crippen LogP contribution in [0.1, 0.15) is 31.8 Å². The molecule has 0 heterocycles. The van der Waals surface area contributed by atoms with Gasteiger partial charge in [0.05, 0.1) is 20.6 Å². The molecule has 0 N–H and O–H groups in total. The summed E-state index contributed by atoms with van der Waals surface area (Å²) in [6, 6.07) is 7.99. The van der Waals surface area contributed by atoms with E-state index in [1.165, 1.54) is 6.07 Å². The maximum Gasteiger partial charge on any atom is 0.196 e. The van der Waals surface area contributed by atoms with Gasteiger partial charge in [0.1, 0.15) is 0 Å². The predicted octanol–water partition coefficient (Wildman–Crippen LogP) is 4.42. The fourth-order valence-corrected chi connectivity index (χ4v) is 2.85. The Balaban J connectivity index is 2.40. The van der Waals surface area contributed by atoms with Gasteiger partial charge in [-0.15, -0.1) is 0 Å². The van der Waals surface area contributed by atoms with Crippen LogP contribution in [0.3, 0.4) is 0 Å². The van der Waals surface area contributed by atoms with Gasteiger partial charge >= 0.3 is 0 Å². The molecule has 0 bridgehead atoms. The van der Waals surface area contributed by atoms with Crippen molar-refractivity contribution in [3.63, 3.8) is 0 Å². The van der Waals surface area contributed by atoms with Crippen LogP contribution in [0.4, 0.5) is 0 Å². The highest BCUT2D eigenvalue weighted by Crippen LogP contribution is 2.39. The number of ketones is 2. The van der Waals surface area contributed by atoms with Gasteiger partial charge in [-0.2, -0.15) is 0 Å². The van der Waals surface area contributed by atoms with E-state index in [1.807, 2.05) is 0 Å². The normalized spacial score (nSPS) is 13.2. The van der Waals surface area contributed by atoms with Crippen molar-refractivity contribution in [3.05, 3.63) is 67.7 Å². The monoisotopic (exact) mass is 310 g/mol. The smallest absolute Gasteiger partial charge is 0.196 e. The highest BCUT2D eigenvalue weighted by atomic mass is 35.5. The number of halogens is 3. The summed E-state index contributed by atoms with van der Waals surface area (Å²) >= 11 is 17.9. The van der Waals surface area contributed by atoms with Gasteiger partial charge in [-0.1, -0.05) is 59.1 Å². The Hall–Kier alpha value is -1.35. The lowest BCUT2D eigenvalue weighted by Crippen LogP contribution is -2.21. The first kappa shape index (κ1) is 12.7. The molecule has 19 heavy (non-hydrogen) atoms. The molecule has 2 nitrogen and oxygen atoms in total. The van der Waals surface area contributed by atoms with Crippen LogP contribution >= 0.6 is 34.8 Å². The molecule has 0 saturated carbocycles. The second kappa shape index (κ2) is 4.34. The largest absolute Gasteiger partial charge is 0.289 e. The third-order valence-corrected chi connectivity index (χ3v) is 4.31. The van der Waals surface area contributed by atoms with E-state index in [4.69, 9.17) is 34.8 Å². The lowest BCUT2D eigenvalue weighted by molar-refractivity contribution is 0.0979. The number of carbonyl (C=O) groups excluding carboxylic acids is 2. The molecule has 0 aromatic heterocycles. The van der Waals surface area contributed by atoms with Crippen LogP contribution in [-0.4, -0.2) is 11.6 Å². The van der Waals surface area contributed by atoms with Crippen molar-refractivity contribution in [1.29, 1.82) is 0 Å². The summed E-state index contributed by atoms with van der Waals surface area (Å²) in [5.41, 5.74) is 1.01. The third-order valence-electron chi connectivity index (χ3n) is 3.05. The molecule has 0 amide bonds. The van der Waals surface area contributed by atoms with E-state index >= 15 is 0 Å². The predicted molar refractivity (Wildman–Crippen MR) is 74.8 cm³/mol. The van der Waals surface area contributed by atoms with Crippen molar-refractivity contribution in [1.82, 2.24) is 0 Å². The zero-order valence-corrected chi connectivity index (χ0v) is 11.6. The van der Waals surface area contributed by atoms with E-state index in [1.54, 1.807) is 24.3 Å². The Morgan fingerprint density at radius 1 is 0.737 bits per heavy atom. The van der Waals surface area contributed by atoms with Crippen molar-refractivity contribution >= 4 is 46.4 Å². The summed E-state index contributed by atoms with van der Waals surface area (Å²) < 4.78 is 0. The topological polar surface area (TPSA) is 34.1 Å². The lowest BCUT2D eigenvalue weighted by Gasteiger charge is -2.19. The first-order valence-corrected chi connectivity index (χ1v) is 6.51. The molecule has 2 aromatic carbocycles. The van der Waals surface area contributed by atoms with Crippen LogP contribution < -0.4 is 0 Å². The van der Waals surface area contributed by atoms with Crippen molar-refractivity contribution < 1.29 is 9.59 Å². The van der Waals surface area contributed by atoms with Crippen LogP contribution in [0.2, 0.25) is 15.1 Å². The second-order valence-corrected chi connectivity index (χ2v) is 5.28. The van der Waals surface area contributed by atoms with Gasteiger partial charge in [0.2, 0.25) is 0 Å². The van der Waals surface area contributed by atoms with Gasteiger partial charge < -0.3 is 0 Å². The average Bonchev–Trinajstić information content (AvgIpc) is 2.42. The number of rotatable bonds is 0. The van der Waals surface area contributed by atoms with Crippen molar-refractivity contribution in [3.8, 4) is 0 Å². The minimum Gasteiger partial charge on any atom is -0.289 e. The van der Waals surface area contributed by atoms with Crippen molar-refractivity contribution in [2.24, 2.45) is 0 Å². The molecule has 3 rings (SSSR count). The van der Waals surface area contributed by atoms with Crippen LogP contribution in [0.15, 0.2) is 30.3 Å². The molecule has 0 atom stereocenters. The van der Waals surface area contributed by atoms with Gasteiger partial charge in [-0.3, -0.25) is 9.59 Å². The van der Waals surface area contributed by atoms with Crippen molar-refractivity contribution in [2.75, 3.05) is 0 Å². The minimum atomic E-state index is -0.311. The fraction of sp³-hybridized carbons (Fsp3) is 0.